The summed E-state index contributed by atoms with van der Waals surface area (Å²) in [4.78, 5) is 15.5. The molecule has 2 rings (SSSR count). The Hall–Kier alpha value is -1.85. The molecule has 0 aliphatic rings. The highest BCUT2D eigenvalue weighted by atomic mass is 32.2. The van der Waals surface area contributed by atoms with Crippen LogP contribution in [0.2, 0.25) is 0 Å². The van der Waals surface area contributed by atoms with E-state index in [9.17, 15) is 9.18 Å². The zero-order valence-electron chi connectivity index (χ0n) is 13.5. The van der Waals surface area contributed by atoms with Crippen LogP contribution in [0, 0.1) is 5.82 Å². The number of rotatable bonds is 6. The first-order valence-electron chi connectivity index (χ1n) is 7.39. The molecule has 0 aliphatic carbocycles. The summed E-state index contributed by atoms with van der Waals surface area (Å²) in [5, 5.41) is 2.80. The summed E-state index contributed by atoms with van der Waals surface area (Å²) in [6.07, 6.45) is 2.04. The fourth-order valence-electron chi connectivity index (χ4n) is 2.14. The van der Waals surface area contributed by atoms with Gasteiger partial charge in [0, 0.05) is 17.1 Å². The third-order valence-corrected chi connectivity index (χ3v) is 4.49. The van der Waals surface area contributed by atoms with Gasteiger partial charge >= 0.3 is 0 Å². The monoisotopic (exact) mass is 332 g/mol. The van der Waals surface area contributed by atoms with E-state index in [-0.39, 0.29) is 17.8 Å². The average Bonchev–Trinajstić information content (AvgIpc) is 2.56. The van der Waals surface area contributed by atoms with Crippen LogP contribution in [0.1, 0.15) is 12.5 Å². The minimum Gasteiger partial charge on any atom is -0.325 e. The second-order valence-electron chi connectivity index (χ2n) is 5.44. The average molecular weight is 332 g/mol. The minimum atomic E-state index is -0.318. The van der Waals surface area contributed by atoms with Gasteiger partial charge < -0.3 is 5.32 Å². The second kappa shape index (κ2) is 8.13. The number of hydrogen-bond acceptors (Lipinski definition) is 3. The van der Waals surface area contributed by atoms with E-state index in [1.165, 1.54) is 17.0 Å². The molecule has 0 heterocycles. The molecule has 0 unspecified atom stereocenters. The van der Waals surface area contributed by atoms with Crippen molar-refractivity contribution in [3.05, 3.63) is 59.9 Å². The summed E-state index contributed by atoms with van der Waals surface area (Å²) in [7, 11) is 1.91. The topological polar surface area (TPSA) is 32.3 Å². The number of carbonyl (C=O) groups is 1. The van der Waals surface area contributed by atoms with Gasteiger partial charge in [-0.15, -0.1) is 11.8 Å². The summed E-state index contributed by atoms with van der Waals surface area (Å²) in [6, 6.07) is 13.8. The van der Waals surface area contributed by atoms with Crippen LogP contribution in [-0.2, 0) is 11.3 Å². The van der Waals surface area contributed by atoms with E-state index in [0.717, 1.165) is 5.56 Å². The SMILES string of the molecule is CSc1ccc(CN(C)[C@@H](C)C(=O)Nc2ccc(F)cc2)cc1. The van der Waals surface area contributed by atoms with Gasteiger partial charge in [0.1, 0.15) is 5.82 Å². The van der Waals surface area contributed by atoms with Crippen molar-refractivity contribution in [2.45, 2.75) is 24.4 Å². The van der Waals surface area contributed by atoms with Gasteiger partial charge in [-0.3, -0.25) is 9.69 Å². The molecule has 1 N–H and O–H groups in total. The van der Waals surface area contributed by atoms with Crippen LogP contribution in [0.25, 0.3) is 0 Å². The number of nitrogens with one attached hydrogen (secondary N) is 1. The van der Waals surface area contributed by atoms with Crippen molar-refractivity contribution in [2.75, 3.05) is 18.6 Å². The molecule has 5 heteroatoms. The number of halogens is 1. The molecule has 0 saturated heterocycles. The largest absolute Gasteiger partial charge is 0.325 e. The summed E-state index contributed by atoms with van der Waals surface area (Å²) >= 11 is 1.71. The molecule has 0 spiro atoms. The van der Waals surface area contributed by atoms with E-state index in [1.807, 2.05) is 25.1 Å². The normalized spacial score (nSPS) is 12.2. The smallest absolute Gasteiger partial charge is 0.241 e. The molecular formula is C18H21FN2OS. The molecule has 3 nitrogen and oxygen atoms in total. The molecule has 1 amide bonds. The Kier molecular flexibility index (Phi) is 6.19. The van der Waals surface area contributed by atoms with Gasteiger partial charge in [-0.05, 0) is 62.2 Å². The molecule has 2 aromatic rings. The summed E-state index contributed by atoms with van der Waals surface area (Å²) in [5.41, 5.74) is 1.76. The van der Waals surface area contributed by atoms with Gasteiger partial charge in [-0.2, -0.15) is 0 Å². The van der Waals surface area contributed by atoms with E-state index in [2.05, 4.69) is 29.6 Å². The molecule has 122 valence electrons. The first kappa shape index (κ1) is 17.5. The van der Waals surface area contributed by atoms with Crippen molar-refractivity contribution >= 4 is 23.4 Å². The molecule has 2 aromatic carbocycles. The Balaban J connectivity index is 1.93. The zero-order valence-corrected chi connectivity index (χ0v) is 14.4. The predicted molar refractivity (Wildman–Crippen MR) is 94.2 cm³/mol. The number of likely N-dealkylation sites (N-methyl/N-ethyl adjacent to an activating group) is 1. The van der Waals surface area contributed by atoms with Crippen LogP contribution >= 0.6 is 11.8 Å². The number of thioether (sulfide) groups is 1. The van der Waals surface area contributed by atoms with Gasteiger partial charge in [0.15, 0.2) is 0 Å². The van der Waals surface area contributed by atoms with Crippen LogP contribution < -0.4 is 5.32 Å². The van der Waals surface area contributed by atoms with E-state index in [1.54, 1.807) is 23.9 Å². The molecular weight excluding hydrogens is 311 g/mol. The molecule has 0 aliphatic heterocycles. The van der Waals surface area contributed by atoms with Crippen LogP contribution in [0.5, 0.6) is 0 Å². The Morgan fingerprint density at radius 3 is 2.35 bits per heavy atom. The molecule has 0 aromatic heterocycles. The van der Waals surface area contributed by atoms with Gasteiger partial charge in [0.25, 0.3) is 0 Å². The lowest BCUT2D eigenvalue weighted by Crippen LogP contribution is -2.39. The van der Waals surface area contributed by atoms with E-state index in [4.69, 9.17) is 0 Å². The quantitative estimate of drug-likeness (QED) is 0.811. The second-order valence-corrected chi connectivity index (χ2v) is 6.31. The fraction of sp³-hybridized carbons (Fsp3) is 0.278. The van der Waals surface area contributed by atoms with Crippen LogP contribution in [0.4, 0.5) is 10.1 Å². The first-order valence-corrected chi connectivity index (χ1v) is 8.61. The van der Waals surface area contributed by atoms with Gasteiger partial charge in [0.05, 0.1) is 6.04 Å². The predicted octanol–water partition coefficient (Wildman–Crippen LogP) is 4.01. The third kappa shape index (κ3) is 5.08. The number of nitrogens with zero attached hydrogens (tertiary/aromatic N) is 1. The number of amides is 1. The lowest BCUT2D eigenvalue weighted by atomic mass is 10.2. The Bertz CT molecular complexity index is 643. The van der Waals surface area contributed by atoms with Crippen LogP contribution in [0.3, 0.4) is 0 Å². The van der Waals surface area contributed by atoms with E-state index < -0.39 is 0 Å². The number of hydrogen-bond donors (Lipinski definition) is 1. The molecule has 0 fully saturated rings. The maximum Gasteiger partial charge on any atom is 0.241 e. The Morgan fingerprint density at radius 2 is 1.78 bits per heavy atom. The standard InChI is InChI=1S/C18H21FN2OS/c1-13(18(22)20-16-8-6-15(19)7-9-16)21(2)12-14-4-10-17(23-3)11-5-14/h4-11,13H,12H2,1-3H3,(H,20,22)/t13-/m0/s1. The highest BCUT2D eigenvalue weighted by Gasteiger charge is 2.18. The Morgan fingerprint density at radius 1 is 1.17 bits per heavy atom. The fourth-order valence-corrected chi connectivity index (χ4v) is 2.54. The summed E-state index contributed by atoms with van der Waals surface area (Å²) in [5.74, 6) is -0.429. The first-order chi connectivity index (χ1) is 11.0. The van der Waals surface area contributed by atoms with Gasteiger partial charge in [-0.1, -0.05) is 12.1 Å². The van der Waals surface area contributed by atoms with Crippen LogP contribution in [-0.4, -0.2) is 30.2 Å². The van der Waals surface area contributed by atoms with Gasteiger partial charge in [-0.25, -0.2) is 4.39 Å². The third-order valence-electron chi connectivity index (χ3n) is 3.74. The minimum absolute atomic E-state index is 0.111. The highest BCUT2D eigenvalue weighted by molar-refractivity contribution is 7.98. The number of benzene rings is 2. The molecule has 23 heavy (non-hydrogen) atoms. The molecule has 1 atom stereocenters. The van der Waals surface area contributed by atoms with Crippen molar-refractivity contribution in [3.8, 4) is 0 Å². The van der Waals surface area contributed by atoms with Crippen molar-refractivity contribution < 1.29 is 9.18 Å². The molecule has 0 bridgehead atoms. The lowest BCUT2D eigenvalue weighted by Gasteiger charge is -2.24. The van der Waals surface area contributed by atoms with Gasteiger partial charge in [0.2, 0.25) is 5.91 Å². The van der Waals surface area contributed by atoms with E-state index in [0.29, 0.717) is 12.2 Å². The van der Waals surface area contributed by atoms with Crippen molar-refractivity contribution in [3.63, 3.8) is 0 Å². The lowest BCUT2D eigenvalue weighted by molar-refractivity contribution is -0.120. The molecule has 0 radical (unpaired) electrons. The number of anilines is 1. The van der Waals surface area contributed by atoms with Crippen LogP contribution in [0.15, 0.2) is 53.4 Å². The summed E-state index contributed by atoms with van der Waals surface area (Å²) in [6.45, 7) is 2.54. The summed E-state index contributed by atoms with van der Waals surface area (Å²) < 4.78 is 12.9. The van der Waals surface area contributed by atoms with Crippen molar-refractivity contribution in [1.82, 2.24) is 4.90 Å². The maximum absolute atomic E-state index is 12.9. The van der Waals surface area contributed by atoms with Crippen molar-refractivity contribution in [2.24, 2.45) is 0 Å². The molecule has 0 saturated carbocycles. The van der Waals surface area contributed by atoms with Crippen molar-refractivity contribution in [1.29, 1.82) is 0 Å². The maximum atomic E-state index is 12.9. The number of carbonyl (C=O) groups excluding carboxylic acids is 1. The highest BCUT2D eigenvalue weighted by Crippen LogP contribution is 2.16. The zero-order chi connectivity index (χ0) is 16.8. The van der Waals surface area contributed by atoms with E-state index >= 15 is 0 Å². The Labute approximate surface area is 140 Å².